The van der Waals surface area contributed by atoms with E-state index in [-0.39, 0.29) is 24.3 Å². The Morgan fingerprint density at radius 1 is 1.27 bits per heavy atom. The Labute approximate surface area is 128 Å². The molecule has 2 amide bonds. The van der Waals surface area contributed by atoms with Crippen LogP contribution in [0, 0.1) is 5.92 Å². The molecule has 1 heterocycles. The molecule has 2 aromatic rings. The number of hydrogen-bond acceptors (Lipinski definition) is 3. The number of nitrogens with one attached hydrogen (secondary N) is 2. The summed E-state index contributed by atoms with van der Waals surface area (Å²) in [4.78, 5) is 28.3. The van der Waals surface area contributed by atoms with E-state index in [0.717, 1.165) is 42.5 Å². The van der Waals surface area contributed by atoms with Gasteiger partial charge in [-0.3, -0.25) is 20.4 Å². The van der Waals surface area contributed by atoms with E-state index in [0.29, 0.717) is 0 Å². The molecule has 1 saturated carbocycles. The zero-order valence-electron chi connectivity index (χ0n) is 12.6. The molecule has 3 rings (SSSR count). The normalized spacial score (nSPS) is 14.6. The summed E-state index contributed by atoms with van der Waals surface area (Å²) in [5.74, 6) is 0.582. The highest BCUT2D eigenvalue weighted by Gasteiger charge is 2.25. The molecule has 116 valence electrons. The van der Waals surface area contributed by atoms with Gasteiger partial charge in [-0.1, -0.05) is 25.5 Å². The van der Waals surface area contributed by atoms with Gasteiger partial charge in [-0.15, -0.1) is 0 Å². The molecule has 0 aliphatic heterocycles. The summed E-state index contributed by atoms with van der Waals surface area (Å²) in [7, 11) is 0. The van der Waals surface area contributed by atoms with Crippen molar-refractivity contribution in [3.63, 3.8) is 0 Å². The summed E-state index contributed by atoms with van der Waals surface area (Å²) in [5, 5.41) is 0. The van der Waals surface area contributed by atoms with Crippen molar-refractivity contribution in [2.24, 2.45) is 5.92 Å². The number of hydrazine groups is 1. The third kappa shape index (κ3) is 2.81. The van der Waals surface area contributed by atoms with Gasteiger partial charge in [0.2, 0.25) is 5.91 Å². The summed E-state index contributed by atoms with van der Waals surface area (Å²) in [6.07, 6.45) is 3.66. The van der Waals surface area contributed by atoms with Crippen molar-refractivity contribution in [3.8, 4) is 0 Å². The molecule has 6 heteroatoms. The first-order chi connectivity index (χ1) is 10.7. The molecule has 0 spiro atoms. The summed E-state index contributed by atoms with van der Waals surface area (Å²) in [6.45, 7) is 2.16. The first-order valence-electron chi connectivity index (χ1n) is 7.72. The first-order valence-corrected chi connectivity index (χ1v) is 7.72. The van der Waals surface area contributed by atoms with E-state index in [4.69, 9.17) is 0 Å². The van der Waals surface area contributed by atoms with Crippen LogP contribution in [0.1, 0.15) is 32.0 Å². The highest BCUT2D eigenvalue weighted by Crippen LogP contribution is 2.25. The van der Waals surface area contributed by atoms with Crippen molar-refractivity contribution in [1.82, 2.24) is 20.4 Å². The van der Waals surface area contributed by atoms with Gasteiger partial charge in [-0.2, -0.15) is 0 Å². The predicted molar refractivity (Wildman–Crippen MR) is 82.7 cm³/mol. The van der Waals surface area contributed by atoms with Gasteiger partial charge in [0, 0.05) is 12.3 Å². The monoisotopic (exact) mass is 300 g/mol. The largest absolute Gasteiger partial charge is 0.318 e. The Morgan fingerprint density at radius 3 is 2.73 bits per heavy atom. The van der Waals surface area contributed by atoms with E-state index < -0.39 is 0 Å². The van der Waals surface area contributed by atoms with Crippen molar-refractivity contribution in [2.75, 3.05) is 0 Å². The van der Waals surface area contributed by atoms with Gasteiger partial charge >= 0.3 is 0 Å². The maximum absolute atomic E-state index is 12.1. The number of carbonyl (C=O) groups is 2. The van der Waals surface area contributed by atoms with Crippen molar-refractivity contribution < 1.29 is 9.59 Å². The van der Waals surface area contributed by atoms with Crippen molar-refractivity contribution in [1.29, 1.82) is 0 Å². The average Bonchev–Trinajstić information content (AvgIpc) is 2.81. The molecular formula is C16H20N4O2. The lowest BCUT2D eigenvalue weighted by Gasteiger charge is -2.24. The van der Waals surface area contributed by atoms with E-state index in [1.54, 1.807) is 0 Å². The number of benzene rings is 1. The minimum absolute atomic E-state index is 0.0561. The average molecular weight is 300 g/mol. The quantitative estimate of drug-likeness (QED) is 0.841. The van der Waals surface area contributed by atoms with Crippen LogP contribution in [0.15, 0.2) is 24.3 Å². The van der Waals surface area contributed by atoms with Crippen LogP contribution < -0.4 is 10.9 Å². The van der Waals surface area contributed by atoms with Crippen LogP contribution in [0.5, 0.6) is 0 Å². The maximum atomic E-state index is 12.1. The highest BCUT2D eigenvalue weighted by molar-refractivity contribution is 5.85. The number of rotatable bonds is 4. The third-order valence-corrected chi connectivity index (χ3v) is 4.15. The molecule has 1 aliphatic rings. The lowest BCUT2D eigenvalue weighted by Crippen LogP contribution is -2.47. The first kappa shape index (κ1) is 14.6. The van der Waals surface area contributed by atoms with Crippen LogP contribution in [-0.2, 0) is 22.6 Å². The van der Waals surface area contributed by atoms with Crippen LogP contribution in [0.3, 0.4) is 0 Å². The van der Waals surface area contributed by atoms with Crippen LogP contribution in [-0.4, -0.2) is 21.4 Å². The van der Waals surface area contributed by atoms with Gasteiger partial charge in [0.15, 0.2) is 0 Å². The molecule has 1 aromatic heterocycles. The fraction of sp³-hybridized carbons (Fsp3) is 0.438. The topological polar surface area (TPSA) is 76.0 Å². The molecule has 2 N–H and O–H groups in total. The minimum Gasteiger partial charge on any atom is -0.318 e. The molecule has 6 nitrogen and oxygen atoms in total. The number of carbonyl (C=O) groups excluding carboxylic acids is 2. The molecule has 1 aliphatic carbocycles. The predicted octanol–water partition coefficient (Wildman–Crippen LogP) is 1.55. The lowest BCUT2D eigenvalue weighted by molar-refractivity contribution is -0.133. The Kier molecular flexibility index (Phi) is 4.09. The summed E-state index contributed by atoms with van der Waals surface area (Å²) in [6, 6.07) is 7.73. The second-order valence-corrected chi connectivity index (χ2v) is 5.62. The van der Waals surface area contributed by atoms with E-state index in [1.165, 1.54) is 0 Å². The Bertz CT molecular complexity index is 703. The molecule has 0 unspecified atom stereocenters. The van der Waals surface area contributed by atoms with Crippen molar-refractivity contribution >= 4 is 22.8 Å². The Balaban J connectivity index is 1.66. The number of fused-ring (bicyclic) bond motifs is 1. The van der Waals surface area contributed by atoms with Gasteiger partial charge in [0.25, 0.3) is 5.91 Å². The van der Waals surface area contributed by atoms with E-state index in [1.807, 2.05) is 35.8 Å². The Hall–Kier alpha value is -2.37. The molecule has 0 radical (unpaired) electrons. The molecule has 22 heavy (non-hydrogen) atoms. The zero-order chi connectivity index (χ0) is 15.5. The van der Waals surface area contributed by atoms with Gasteiger partial charge in [0.1, 0.15) is 12.4 Å². The minimum atomic E-state index is -0.245. The van der Waals surface area contributed by atoms with Crippen molar-refractivity contribution in [3.05, 3.63) is 30.1 Å². The van der Waals surface area contributed by atoms with Crippen LogP contribution in [0.4, 0.5) is 0 Å². The Morgan fingerprint density at radius 2 is 2.05 bits per heavy atom. The van der Waals surface area contributed by atoms with E-state index in [2.05, 4.69) is 15.8 Å². The lowest BCUT2D eigenvalue weighted by atomic mass is 9.85. The molecule has 1 aromatic carbocycles. The number of aryl methyl sites for hydroxylation is 1. The highest BCUT2D eigenvalue weighted by atomic mass is 16.2. The van der Waals surface area contributed by atoms with Crippen LogP contribution in [0.2, 0.25) is 0 Å². The fourth-order valence-electron chi connectivity index (χ4n) is 2.66. The second-order valence-electron chi connectivity index (χ2n) is 5.62. The third-order valence-electron chi connectivity index (χ3n) is 4.15. The molecule has 0 atom stereocenters. The number of hydrogen-bond donors (Lipinski definition) is 2. The molecular weight excluding hydrogens is 280 g/mol. The maximum Gasteiger partial charge on any atom is 0.258 e. The zero-order valence-corrected chi connectivity index (χ0v) is 12.6. The van der Waals surface area contributed by atoms with E-state index in [9.17, 15) is 9.59 Å². The number of amides is 2. The number of para-hydroxylation sites is 2. The number of imidazole rings is 1. The number of nitrogens with zero attached hydrogens (tertiary/aromatic N) is 2. The molecule has 1 fully saturated rings. The summed E-state index contributed by atoms with van der Waals surface area (Å²) >= 11 is 0. The van der Waals surface area contributed by atoms with Crippen LogP contribution >= 0.6 is 0 Å². The summed E-state index contributed by atoms with van der Waals surface area (Å²) < 4.78 is 1.89. The van der Waals surface area contributed by atoms with Crippen LogP contribution in [0.25, 0.3) is 11.0 Å². The van der Waals surface area contributed by atoms with Crippen molar-refractivity contribution in [2.45, 2.75) is 39.2 Å². The second kappa shape index (κ2) is 6.17. The fourth-order valence-corrected chi connectivity index (χ4v) is 2.66. The smallest absolute Gasteiger partial charge is 0.258 e. The van der Waals surface area contributed by atoms with E-state index >= 15 is 0 Å². The van der Waals surface area contributed by atoms with Gasteiger partial charge in [0.05, 0.1) is 11.0 Å². The van der Waals surface area contributed by atoms with Gasteiger partial charge < -0.3 is 4.57 Å². The molecule has 0 saturated heterocycles. The molecule has 0 bridgehead atoms. The van der Waals surface area contributed by atoms with Gasteiger partial charge in [-0.05, 0) is 25.0 Å². The SMILES string of the molecule is CCc1nc2ccccc2n1CC(=O)NNC(=O)C1CCC1. The van der Waals surface area contributed by atoms with Gasteiger partial charge in [-0.25, -0.2) is 4.98 Å². The number of aromatic nitrogens is 2. The summed E-state index contributed by atoms with van der Waals surface area (Å²) in [5.41, 5.74) is 6.82. The standard InChI is InChI=1S/C16H20N4O2/c1-2-14-17-12-8-3-4-9-13(12)20(14)10-15(21)18-19-16(22)11-6-5-7-11/h3-4,8-9,11H,2,5-7,10H2,1H3,(H,18,21)(H,19,22).